The van der Waals surface area contributed by atoms with Gasteiger partial charge in [0.1, 0.15) is 12.1 Å². The van der Waals surface area contributed by atoms with Crippen molar-refractivity contribution in [1.82, 2.24) is 15.5 Å². The first-order chi connectivity index (χ1) is 12.9. The Hall–Kier alpha value is -2.67. The molecule has 1 aromatic heterocycles. The predicted octanol–water partition coefficient (Wildman–Crippen LogP) is 2.78. The topological polar surface area (TPSA) is 78.5 Å². The molecule has 2 N–H and O–H groups in total. The molecule has 1 unspecified atom stereocenters. The van der Waals surface area contributed by atoms with E-state index in [0.29, 0.717) is 12.1 Å². The van der Waals surface area contributed by atoms with Gasteiger partial charge in [-0.3, -0.25) is 14.5 Å². The van der Waals surface area contributed by atoms with Crippen molar-refractivity contribution in [3.63, 3.8) is 0 Å². The van der Waals surface area contributed by atoms with Gasteiger partial charge >= 0.3 is 6.03 Å². The molecular weight excluding hydrogens is 362 g/mol. The second-order valence-corrected chi connectivity index (χ2v) is 7.78. The fraction of sp³-hybridized carbons (Fsp3) is 0.350. The summed E-state index contributed by atoms with van der Waals surface area (Å²) in [7, 11) is 0. The van der Waals surface area contributed by atoms with E-state index in [-0.39, 0.29) is 12.5 Å². The van der Waals surface area contributed by atoms with Crippen molar-refractivity contribution in [3.8, 4) is 0 Å². The molecule has 1 aromatic carbocycles. The molecule has 0 aliphatic carbocycles. The molecule has 1 atom stereocenters. The fourth-order valence-electron chi connectivity index (χ4n) is 3.13. The second-order valence-electron chi connectivity index (χ2n) is 6.75. The summed E-state index contributed by atoms with van der Waals surface area (Å²) in [6.07, 6.45) is 2.01. The second kappa shape index (κ2) is 7.92. The Morgan fingerprint density at radius 3 is 2.59 bits per heavy atom. The first-order valence-corrected chi connectivity index (χ1v) is 9.84. The lowest BCUT2D eigenvalue weighted by Gasteiger charge is -2.22. The van der Waals surface area contributed by atoms with Gasteiger partial charge in [0.25, 0.3) is 5.91 Å². The summed E-state index contributed by atoms with van der Waals surface area (Å²) in [5, 5.41) is 7.40. The van der Waals surface area contributed by atoms with Crippen LogP contribution in [-0.2, 0) is 28.1 Å². The van der Waals surface area contributed by atoms with Crippen molar-refractivity contribution in [1.29, 1.82) is 0 Å². The Labute approximate surface area is 162 Å². The number of nitrogens with one attached hydrogen (secondary N) is 2. The van der Waals surface area contributed by atoms with Crippen LogP contribution in [0.2, 0.25) is 0 Å². The van der Waals surface area contributed by atoms with Crippen LogP contribution in [0, 0.1) is 0 Å². The van der Waals surface area contributed by atoms with Crippen LogP contribution in [0.5, 0.6) is 0 Å². The number of nitrogens with zero attached hydrogens (tertiary/aromatic N) is 1. The summed E-state index contributed by atoms with van der Waals surface area (Å²) in [6, 6.07) is 10.9. The number of amides is 4. The van der Waals surface area contributed by atoms with Crippen LogP contribution in [-0.4, -0.2) is 29.3 Å². The quantitative estimate of drug-likeness (QED) is 0.720. The molecule has 142 valence electrons. The molecular formula is C20H23N3O3S. The molecule has 0 radical (unpaired) electrons. The summed E-state index contributed by atoms with van der Waals surface area (Å²) in [5.41, 5.74) is 0.740. The molecule has 0 bridgehead atoms. The summed E-state index contributed by atoms with van der Waals surface area (Å²) in [6.45, 7) is 3.87. The van der Waals surface area contributed by atoms with Gasteiger partial charge in [-0.05, 0) is 35.9 Å². The third kappa shape index (κ3) is 4.03. The molecule has 0 spiro atoms. The van der Waals surface area contributed by atoms with Crippen molar-refractivity contribution in [2.45, 2.75) is 38.8 Å². The van der Waals surface area contributed by atoms with Crippen LogP contribution in [0.4, 0.5) is 4.79 Å². The summed E-state index contributed by atoms with van der Waals surface area (Å²) in [4.78, 5) is 39.4. The summed E-state index contributed by atoms with van der Waals surface area (Å²) < 4.78 is 0. The molecule has 27 heavy (non-hydrogen) atoms. The Morgan fingerprint density at radius 2 is 1.96 bits per heavy atom. The van der Waals surface area contributed by atoms with Crippen molar-refractivity contribution in [2.24, 2.45) is 0 Å². The highest BCUT2D eigenvalue weighted by Crippen LogP contribution is 2.29. The van der Waals surface area contributed by atoms with E-state index >= 15 is 0 Å². The van der Waals surface area contributed by atoms with Crippen molar-refractivity contribution < 1.29 is 14.4 Å². The van der Waals surface area contributed by atoms with Gasteiger partial charge in [0.2, 0.25) is 5.91 Å². The van der Waals surface area contributed by atoms with Crippen LogP contribution in [0.15, 0.2) is 41.8 Å². The molecule has 1 fully saturated rings. The molecule has 7 heteroatoms. The van der Waals surface area contributed by atoms with Gasteiger partial charge in [-0.1, -0.05) is 43.7 Å². The highest BCUT2D eigenvalue weighted by Gasteiger charge is 2.49. The first kappa shape index (κ1) is 19.1. The van der Waals surface area contributed by atoms with E-state index in [1.807, 2.05) is 41.8 Å². The number of carbonyl (C=O) groups is 3. The Bertz CT molecular complexity index is 833. The number of rotatable bonds is 7. The zero-order valence-electron chi connectivity index (χ0n) is 15.5. The summed E-state index contributed by atoms with van der Waals surface area (Å²) >= 11 is 1.54. The Balaban J connectivity index is 1.67. The standard InChI is InChI=1S/C20H23N3O3S/c1-3-5-14-7-9-15(10-8-14)20(2)18(25)23(19(26)22-20)13-17(24)21-12-16-6-4-11-27-16/h4,6-11H,3,5,12-13H2,1-2H3,(H,21,24)(H,22,26). The third-order valence-electron chi connectivity index (χ3n) is 4.69. The first-order valence-electron chi connectivity index (χ1n) is 8.96. The minimum Gasteiger partial charge on any atom is -0.350 e. The lowest BCUT2D eigenvalue weighted by molar-refractivity contribution is -0.134. The number of imide groups is 1. The fourth-order valence-corrected chi connectivity index (χ4v) is 3.77. The van der Waals surface area contributed by atoms with Crippen LogP contribution < -0.4 is 10.6 Å². The third-order valence-corrected chi connectivity index (χ3v) is 5.56. The number of thiophene rings is 1. The minimum absolute atomic E-state index is 0.292. The molecule has 6 nitrogen and oxygen atoms in total. The molecule has 2 heterocycles. The van der Waals surface area contributed by atoms with Crippen LogP contribution >= 0.6 is 11.3 Å². The van der Waals surface area contributed by atoms with Crippen LogP contribution in [0.25, 0.3) is 0 Å². The number of benzene rings is 1. The largest absolute Gasteiger partial charge is 0.350 e. The maximum Gasteiger partial charge on any atom is 0.325 e. The molecule has 4 amide bonds. The van der Waals surface area contributed by atoms with Crippen molar-refractivity contribution >= 4 is 29.2 Å². The SMILES string of the molecule is CCCc1ccc(C2(C)NC(=O)N(CC(=O)NCc3cccs3)C2=O)cc1. The molecule has 1 aliphatic heterocycles. The van der Waals surface area contributed by atoms with E-state index in [1.54, 1.807) is 6.92 Å². The van der Waals surface area contributed by atoms with E-state index in [2.05, 4.69) is 17.6 Å². The van der Waals surface area contributed by atoms with E-state index in [0.717, 1.165) is 22.6 Å². The van der Waals surface area contributed by atoms with Crippen LogP contribution in [0.1, 0.15) is 36.3 Å². The minimum atomic E-state index is -1.16. The molecule has 3 rings (SSSR count). The number of hydrogen-bond donors (Lipinski definition) is 2. The van der Waals surface area contributed by atoms with Gasteiger partial charge in [-0.15, -0.1) is 11.3 Å². The van der Waals surface area contributed by atoms with Gasteiger partial charge in [0.05, 0.1) is 6.54 Å². The highest BCUT2D eigenvalue weighted by atomic mass is 32.1. The molecule has 1 aliphatic rings. The Kier molecular flexibility index (Phi) is 5.60. The smallest absolute Gasteiger partial charge is 0.325 e. The van der Waals surface area contributed by atoms with Gasteiger partial charge in [-0.25, -0.2) is 4.79 Å². The van der Waals surface area contributed by atoms with Gasteiger partial charge in [0.15, 0.2) is 0 Å². The lowest BCUT2D eigenvalue weighted by Crippen LogP contribution is -2.43. The molecule has 0 saturated carbocycles. The maximum atomic E-state index is 12.9. The zero-order valence-corrected chi connectivity index (χ0v) is 16.3. The highest BCUT2D eigenvalue weighted by molar-refractivity contribution is 7.09. The number of carbonyl (C=O) groups excluding carboxylic acids is 3. The maximum absolute atomic E-state index is 12.9. The number of aryl methyl sites for hydroxylation is 1. The Morgan fingerprint density at radius 1 is 1.22 bits per heavy atom. The van der Waals surface area contributed by atoms with Gasteiger partial charge in [-0.2, -0.15) is 0 Å². The normalized spacial score (nSPS) is 19.3. The average Bonchev–Trinajstić information content (AvgIpc) is 3.24. The molecule has 1 saturated heterocycles. The van der Waals surface area contributed by atoms with Crippen molar-refractivity contribution in [2.75, 3.05) is 6.54 Å². The van der Waals surface area contributed by atoms with E-state index in [9.17, 15) is 14.4 Å². The number of urea groups is 1. The van der Waals surface area contributed by atoms with Gasteiger partial charge < -0.3 is 10.6 Å². The number of hydrogen-bond acceptors (Lipinski definition) is 4. The van der Waals surface area contributed by atoms with Gasteiger partial charge in [0, 0.05) is 4.88 Å². The van der Waals surface area contributed by atoms with Crippen LogP contribution in [0.3, 0.4) is 0 Å². The van der Waals surface area contributed by atoms with Crippen molar-refractivity contribution in [3.05, 3.63) is 57.8 Å². The van der Waals surface area contributed by atoms with E-state index in [1.165, 1.54) is 16.9 Å². The van der Waals surface area contributed by atoms with E-state index in [4.69, 9.17) is 0 Å². The predicted molar refractivity (Wildman–Crippen MR) is 104 cm³/mol. The average molecular weight is 385 g/mol. The lowest BCUT2D eigenvalue weighted by atomic mass is 9.91. The monoisotopic (exact) mass is 385 g/mol. The summed E-state index contributed by atoms with van der Waals surface area (Å²) in [5.74, 6) is -0.781. The zero-order chi connectivity index (χ0) is 19.4. The molecule has 2 aromatic rings. The van der Waals surface area contributed by atoms with E-state index < -0.39 is 17.5 Å².